The Bertz CT molecular complexity index is 451. The maximum Gasteiger partial charge on any atom is 0.184 e. The maximum atomic E-state index is 2.38. The number of benzene rings is 1. The molecule has 0 unspecified atom stereocenters. The molecule has 1 heterocycles. The molecule has 0 bridgehead atoms. The molecule has 0 saturated carbocycles. The fourth-order valence-electron chi connectivity index (χ4n) is 2.13. The topological polar surface area (TPSA) is 3.88 Å². The maximum absolute atomic E-state index is 2.38. The van der Waals surface area contributed by atoms with Gasteiger partial charge in [-0.15, -0.1) is 0 Å². The van der Waals surface area contributed by atoms with Gasteiger partial charge in [-0.2, -0.15) is 4.57 Å². The third-order valence-electron chi connectivity index (χ3n) is 3.02. The molecule has 0 radical (unpaired) electrons. The Kier molecular flexibility index (Phi) is 2.95. The Morgan fingerprint density at radius 1 is 0.938 bits per heavy atom. The summed E-state index contributed by atoms with van der Waals surface area (Å²) in [5, 5.41) is 2.66. The van der Waals surface area contributed by atoms with E-state index in [-0.39, 0.29) is 0 Å². The number of hydrogen-bond donors (Lipinski definition) is 0. The van der Waals surface area contributed by atoms with Crippen LogP contribution in [0, 0.1) is 0 Å². The van der Waals surface area contributed by atoms with Crippen molar-refractivity contribution in [2.75, 3.05) is 0 Å². The number of pyridine rings is 1. The molecule has 0 aliphatic carbocycles. The molecule has 1 aromatic heterocycles. The van der Waals surface area contributed by atoms with Crippen molar-refractivity contribution in [1.82, 2.24) is 0 Å². The molecule has 1 aromatic carbocycles. The van der Waals surface area contributed by atoms with Gasteiger partial charge in [-0.05, 0) is 25.3 Å². The van der Waals surface area contributed by atoms with Gasteiger partial charge in [0.2, 0.25) is 0 Å². The lowest BCUT2D eigenvalue weighted by Gasteiger charge is -2.11. The molecule has 84 valence electrons. The highest BCUT2D eigenvalue weighted by molar-refractivity contribution is 5.81. The molecular formula is C15H20N+. The monoisotopic (exact) mass is 214 g/mol. The minimum absolute atomic E-state index is 0.516. The molecular weight excluding hydrogens is 194 g/mol. The molecule has 0 spiro atoms. The molecule has 0 saturated heterocycles. The molecule has 2 aromatic rings. The smallest absolute Gasteiger partial charge is 0.184 e. The van der Waals surface area contributed by atoms with E-state index in [4.69, 9.17) is 0 Å². The Morgan fingerprint density at radius 2 is 1.56 bits per heavy atom. The molecule has 1 heteroatoms. The lowest BCUT2D eigenvalue weighted by molar-refractivity contribution is -0.722. The zero-order valence-corrected chi connectivity index (χ0v) is 10.6. The van der Waals surface area contributed by atoms with Crippen LogP contribution in [0.25, 0.3) is 10.8 Å². The summed E-state index contributed by atoms with van der Waals surface area (Å²) in [6.07, 6.45) is 2.27. The summed E-state index contributed by atoms with van der Waals surface area (Å²) >= 11 is 0. The predicted octanol–water partition coefficient (Wildman–Crippen LogP) is 3.83. The first-order chi connectivity index (χ1) is 7.59. The van der Waals surface area contributed by atoms with Crippen molar-refractivity contribution in [2.24, 2.45) is 0 Å². The van der Waals surface area contributed by atoms with Gasteiger partial charge in [0.15, 0.2) is 17.9 Å². The SMILES string of the molecule is CC(C)c1cc2ccccc2c[n+]1C(C)C. The zero-order valence-electron chi connectivity index (χ0n) is 10.6. The normalized spacial score (nSPS) is 11.6. The van der Waals surface area contributed by atoms with Gasteiger partial charge in [0.05, 0.1) is 0 Å². The molecule has 0 amide bonds. The van der Waals surface area contributed by atoms with Crippen LogP contribution in [0.15, 0.2) is 36.5 Å². The Balaban J connectivity index is 2.71. The third kappa shape index (κ3) is 1.95. The van der Waals surface area contributed by atoms with Crippen LogP contribution in [0.2, 0.25) is 0 Å². The van der Waals surface area contributed by atoms with Crippen LogP contribution in [-0.2, 0) is 0 Å². The van der Waals surface area contributed by atoms with Crippen LogP contribution in [0.1, 0.15) is 45.3 Å². The summed E-state index contributed by atoms with van der Waals surface area (Å²) in [5.74, 6) is 0.562. The molecule has 0 aliphatic heterocycles. The number of rotatable bonds is 2. The van der Waals surface area contributed by atoms with Gasteiger partial charge in [-0.25, -0.2) is 0 Å². The van der Waals surface area contributed by atoms with E-state index in [9.17, 15) is 0 Å². The van der Waals surface area contributed by atoms with Gasteiger partial charge in [0.1, 0.15) is 0 Å². The second kappa shape index (κ2) is 4.25. The van der Waals surface area contributed by atoms with Crippen molar-refractivity contribution in [3.05, 3.63) is 42.2 Å². The zero-order chi connectivity index (χ0) is 11.7. The summed E-state index contributed by atoms with van der Waals surface area (Å²) in [5.41, 5.74) is 1.41. The quantitative estimate of drug-likeness (QED) is 0.669. The minimum Gasteiger partial charge on any atom is -0.200 e. The van der Waals surface area contributed by atoms with Gasteiger partial charge in [0, 0.05) is 17.4 Å². The van der Waals surface area contributed by atoms with Crippen molar-refractivity contribution in [3.63, 3.8) is 0 Å². The highest BCUT2D eigenvalue weighted by Gasteiger charge is 2.18. The number of hydrogen-bond acceptors (Lipinski definition) is 0. The summed E-state index contributed by atoms with van der Waals surface area (Å²) < 4.78 is 2.38. The first-order valence-corrected chi connectivity index (χ1v) is 6.03. The average molecular weight is 214 g/mol. The van der Waals surface area contributed by atoms with E-state index in [0.717, 1.165) is 0 Å². The van der Waals surface area contributed by atoms with Gasteiger partial charge in [-0.1, -0.05) is 32.0 Å². The van der Waals surface area contributed by atoms with Crippen LogP contribution < -0.4 is 4.57 Å². The molecule has 0 atom stereocenters. The van der Waals surface area contributed by atoms with Crippen molar-refractivity contribution < 1.29 is 4.57 Å². The molecule has 0 N–H and O–H groups in total. The molecule has 2 rings (SSSR count). The van der Waals surface area contributed by atoms with Crippen LogP contribution in [-0.4, -0.2) is 0 Å². The van der Waals surface area contributed by atoms with E-state index >= 15 is 0 Å². The molecule has 16 heavy (non-hydrogen) atoms. The average Bonchev–Trinajstić information content (AvgIpc) is 2.27. The van der Waals surface area contributed by atoms with Crippen LogP contribution in [0.5, 0.6) is 0 Å². The number of fused-ring (bicyclic) bond motifs is 1. The van der Waals surface area contributed by atoms with E-state index in [0.29, 0.717) is 12.0 Å². The summed E-state index contributed by atoms with van der Waals surface area (Å²) in [4.78, 5) is 0. The lowest BCUT2D eigenvalue weighted by Crippen LogP contribution is -2.40. The van der Waals surface area contributed by atoms with E-state index in [1.807, 2.05) is 0 Å². The van der Waals surface area contributed by atoms with Gasteiger partial charge in [-0.3, -0.25) is 0 Å². The number of nitrogens with zero attached hydrogens (tertiary/aromatic N) is 1. The second-order valence-corrected chi connectivity index (χ2v) is 4.98. The molecule has 1 nitrogen and oxygen atoms in total. The highest BCUT2D eigenvalue weighted by Crippen LogP contribution is 2.18. The van der Waals surface area contributed by atoms with Crippen molar-refractivity contribution in [3.8, 4) is 0 Å². The van der Waals surface area contributed by atoms with Crippen LogP contribution >= 0.6 is 0 Å². The molecule has 0 fully saturated rings. The van der Waals surface area contributed by atoms with E-state index in [2.05, 4.69) is 68.8 Å². The van der Waals surface area contributed by atoms with Gasteiger partial charge < -0.3 is 0 Å². The van der Waals surface area contributed by atoms with E-state index in [1.165, 1.54) is 16.5 Å². The Labute approximate surface area is 97.7 Å². The van der Waals surface area contributed by atoms with E-state index < -0.39 is 0 Å². The number of aromatic nitrogens is 1. The largest absolute Gasteiger partial charge is 0.200 e. The van der Waals surface area contributed by atoms with Gasteiger partial charge >= 0.3 is 0 Å². The first kappa shape index (κ1) is 11.1. The second-order valence-electron chi connectivity index (χ2n) is 4.98. The lowest BCUT2D eigenvalue weighted by atomic mass is 10.0. The fourth-order valence-corrected chi connectivity index (χ4v) is 2.13. The van der Waals surface area contributed by atoms with E-state index in [1.54, 1.807) is 0 Å². The standard InChI is InChI=1S/C15H20N/c1-11(2)15-9-13-7-5-6-8-14(13)10-16(15)12(3)4/h5-12H,1-4H3/q+1. The van der Waals surface area contributed by atoms with Crippen LogP contribution in [0.3, 0.4) is 0 Å². The fraction of sp³-hybridized carbons (Fsp3) is 0.400. The minimum atomic E-state index is 0.516. The third-order valence-corrected chi connectivity index (χ3v) is 3.02. The predicted molar refractivity (Wildman–Crippen MR) is 68.6 cm³/mol. The summed E-state index contributed by atoms with van der Waals surface area (Å²) in [6, 6.07) is 11.4. The highest BCUT2D eigenvalue weighted by atomic mass is 15.0. The van der Waals surface area contributed by atoms with Crippen LogP contribution in [0.4, 0.5) is 0 Å². The van der Waals surface area contributed by atoms with Gasteiger partial charge in [0.25, 0.3) is 0 Å². The van der Waals surface area contributed by atoms with Crippen molar-refractivity contribution in [2.45, 2.75) is 39.7 Å². The van der Waals surface area contributed by atoms with Crippen molar-refractivity contribution >= 4 is 10.8 Å². The van der Waals surface area contributed by atoms with Crippen molar-refractivity contribution in [1.29, 1.82) is 0 Å². The Morgan fingerprint density at radius 3 is 2.12 bits per heavy atom. The Hall–Kier alpha value is -1.37. The first-order valence-electron chi connectivity index (χ1n) is 6.03. The molecule has 0 aliphatic rings. The summed E-state index contributed by atoms with van der Waals surface area (Å²) in [7, 11) is 0. The summed E-state index contributed by atoms with van der Waals surface area (Å²) in [6.45, 7) is 8.98.